The molecule has 1 atom stereocenters. The van der Waals surface area contributed by atoms with Crippen molar-refractivity contribution in [2.75, 3.05) is 6.61 Å². The van der Waals surface area contributed by atoms with E-state index in [2.05, 4.69) is 10.6 Å². The number of carbonyl (C=O) groups excluding carboxylic acids is 1. The highest BCUT2D eigenvalue weighted by molar-refractivity contribution is 5.74. The molecule has 0 spiro atoms. The molecule has 0 aliphatic heterocycles. The summed E-state index contributed by atoms with van der Waals surface area (Å²) in [6, 6.07) is 8.92. The summed E-state index contributed by atoms with van der Waals surface area (Å²) in [7, 11) is 0. The van der Waals surface area contributed by atoms with Gasteiger partial charge < -0.3 is 15.7 Å². The molecule has 0 aliphatic rings. The summed E-state index contributed by atoms with van der Waals surface area (Å²) in [5, 5.41) is 22.9. The fourth-order valence-corrected chi connectivity index (χ4v) is 1.62. The van der Waals surface area contributed by atoms with Crippen molar-refractivity contribution in [3.8, 4) is 6.07 Å². The van der Waals surface area contributed by atoms with E-state index in [4.69, 9.17) is 10.4 Å². The smallest absolute Gasteiger partial charge is 0.315 e. The third kappa shape index (κ3) is 5.89. The van der Waals surface area contributed by atoms with Gasteiger partial charge in [-0.3, -0.25) is 0 Å². The van der Waals surface area contributed by atoms with Crippen LogP contribution in [0.2, 0.25) is 0 Å². The Bertz CT molecular complexity index is 437. The second kappa shape index (κ2) is 8.11. The Labute approximate surface area is 113 Å². The van der Waals surface area contributed by atoms with Crippen molar-refractivity contribution in [3.63, 3.8) is 0 Å². The molecule has 19 heavy (non-hydrogen) atoms. The van der Waals surface area contributed by atoms with Crippen molar-refractivity contribution in [1.29, 1.82) is 5.26 Å². The number of benzene rings is 1. The number of carbonyl (C=O) groups is 1. The highest BCUT2D eigenvalue weighted by Gasteiger charge is 2.06. The summed E-state index contributed by atoms with van der Waals surface area (Å²) in [6.45, 7) is 2.46. The first kappa shape index (κ1) is 15.0. The monoisotopic (exact) mass is 261 g/mol. The van der Waals surface area contributed by atoms with E-state index in [0.29, 0.717) is 18.5 Å². The van der Waals surface area contributed by atoms with Crippen molar-refractivity contribution < 1.29 is 9.90 Å². The van der Waals surface area contributed by atoms with E-state index in [9.17, 15) is 4.79 Å². The summed E-state index contributed by atoms with van der Waals surface area (Å²) in [5.41, 5.74) is 1.54. The zero-order chi connectivity index (χ0) is 14.1. The van der Waals surface area contributed by atoms with Crippen molar-refractivity contribution in [2.24, 2.45) is 0 Å². The molecular weight excluding hydrogens is 242 g/mol. The van der Waals surface area contributed by atoms with Crippen LogP contribution in [0, 0.1) is 11.3 Å². The molecule has 2 amide bonds. The number of nitrogens with one attached hydrogen (secondary N) is 2. The molecule has 102 valence electrons. The minimum Gasteiger partial charge on any atom is -0.396 e. The van der Waals surface area contributed by atoms with Gasteiger partial charge in [-0.1, -0.05) is 12.1 Å². The predicted octanol–water partition coefficient (Wildman–Crippen LogP) is 1.52. The van der Waals surface area contributed by atoms with Crippen molar-refractivity contribution in [1.82, 2.24) is 10.6 Å². The maximum Gasteiger partial charge on any atom is 0.315 e. The van der Waals surface area contributed by atoms with Crippen LogP contribution in [0.1, 0.15) is 30.9 Å². The van der Waals surface area contributed by atoms with Crippen LogP contribution in [0.25, 0.3) is 0 Å². The van der Waals surface area contributed by atoms with Gasteiger partial charge in [-0.2, -0.15) is 5.26 Å². The first-order chi connectivity index (χ1) is 9.15. The van der Waals surface area contributed by atoms with Crippen LogP contribution in [-0.2, 0) is 6.54 Å². The van der Waals surface area contributed by atoms with Gasteiger partial charge in [0.2, 0.25) is 0 Å². The molecule has 0 heterocycles. The topological polar surface area (TPSA) is 85.2 Å². The maximum absolute atomic E-state index is 11.6. The van der Waals surface area contributed by atoms with Gasteiger partial charge in [0.15, 0.2) is 0 Å². The van der Waals surface area contributed by atoms with Gasteiger partial charge >= 0.3 is 6.03 Å². The van der Waals surface area contributed by atoms with Gasteiger partial charge in [0.25, 0.3) is 0 Å². The molecule has 0 saturated heterocycles. The van der Waals surface area contributed by atoms with Crippen molar-refractivity contribution in [2.45, 2.75) is 32.4 Å². The molecule has 1 aromatic carbocycles. The first-order valence-electron chi connectivity index (χ1n) is 6.30. The number of hydrogen-bond acceptors (Lipinski definition) is 3. The van der Waals surface area contributed by atoms with Crippen LogP contribution >= 0.6 is 0 Å². The number of urea groups is 1. The third-order valence-corrected chi connectivity index (χ3v) is 2.71. The highest BCUT2D eigenvalue weighted by Crippen LogP contribution is 2.02. The Morgan fingerprint density at radius 3 is 2.68 bits per heavy atom. The molecule has 0 aliphatic carbocycles. The Morgan fingerprint density at radius 1 is 1.42 bits per heavy atom. The van der Waals surface area contributed by atoms with Gasteiger partial charge in [0.05, 0.1) is 11.6 Å². The SMILES string of the molecule is CC(CCCO)NC(=O)NCc1ccc(C#N)cc1. The van der Waals surface area contributed by atoms with Crippen LogP contribution < -0.4 is 10.6 Å². The molecule has 0 radical (unpaired) electrons. The molecular formula is C14H19N3O2. The average molecular weight is 261 g/mol. The molecule has 5 nitrogen and oxygen atoms in total. The zero-order valence-corrected chi connectivity index (χ0v) is 11.0. The molecule has 3 N–H and O–H groups in total. The number of aliphatic hydroxyl groups excluding tert-OH is 1. The third-order valence-electron chi connectivity index (χ3n) is 2.71. The summed E-state index contributed by atoms with van der Waals surface area (Å²) >= 11 is 0. The molecule has 1 rings (SSSR count). The quantitative estimate of drug-likeness (QED) is 0.725. The number of nitriles is 1. The number of rotatable bonds is 6. The molecule has 0 aromatic heterocycles. The first-order valence-corrected chi connectivity index (χ1v) is 6.30. The van der Waals surface area contributed by atoms with E-state index < -0.39 is 0 Å². The maximum atomic E-state index is 11.6. The second-order valence-electron chi connectivity index (χ2n) is 4.40. The summed E-state index contributed by atoms with van der Waals surface area (Å²) in [5.74, 6) is 0. The van der Waals surface area contributed by atoms with E-state index in [0.717, 1.165) is 12.0 Å². The van der Waals surface area contributed by atoms with Crippen LogP contribution in [0.4, 0.5) is 4.79 Å². The minimum absolute atomic E-state index is 0.0353. The number of hydrogen-bond donors (Lipinski definition) is 3. The Kier molecular flexibility index (Phi) is 6.41. The van der Waals surface area contributed by atoms with Gasteiger partial charge in [0, 0.05) is 19.2 Å². The number of amides is 2. The van der Waals surface area contributed by atoms with E-state index in [-0.39, 0.29) is 18.7 Å². The Balaban J connectivity index is 2.31. The fraction of sp³-hybridized carbons (Fsp3) is 0.429. The van der Waals surface area contributed by atoms with E-state index in [1.807, 2.05) is 25.1 Å². The summed E-state index contributed by atoms with van der Waals surface area (Å²) < 4.78 is 0. The molecule has 0 bridgehead atoms. The lowest BCUT2D eigenvalue weighted by atomic mass is 10.1. The van der Waals surface area contributed by atoms with Crippen molar-refractivity contribution in [3.05, 3.63) is 35.4 Å². The summed E-state index contributed by atoms with van der Waals surface area (Å²) in [4.78, 5) is 11.6. The van der Waals surface area contributed by atoms with Crippen LogP contribution in [0.3, 0.4) is 0 Å². The zero-order valence-electron chi connectivity index (χ0n) is 11.0. The lowest BCUT2D eigenvalue weighted by Crippen LogP contribution is -2.40. The molecule has 1 unspecified atom stereocenters. The van der Waals surface area contributed by atoms with Crippen LogP contribution in [0.5, 0.6) is 0 Å². The van der Waals surface area contributed by atoms with Gasteiger partial charge in [-0.05, 0) is 37.5 Å². The lowest BCUT2D eigenvalue weighted by Gasteiger charge is -2.14. The Morgan fingerprint density at radius 2 is 2.11 bits per heavy atom. The molecule has 0 saturated carbocycles. The van der Waals surface area contributed by atoms with Gasteiger partial charge in [0.1, 0.15) is 0 Å². The molecule has 1 aromatic rings. The van der Waals surface area contributed by atoms with Crippen LogP contribution in [0.15, 0.2) is 24.3 Å². The second-order valence-corrected chi connectivity index (χ2v) is 4.40. The van der Waals surface area contributed by atoms with E-state index in [1.165, 1.54) is 0 Å². The average Bonchev–Trinajstić information content (AvgIpc) is 2.43. The normalized spacial score (nSPS) is 11.4. The number of nitrogens with zero attached hydrogens (tertiary/aromatic N) is 1. The fourth-order valence-electron chi connectivity index (χ4n) is 1.62. The summed E-state index contributed by atoms with van der Waals surface area (Å²) in [6.07, 6.45) is 1.43. The van der Waals surface area contributed by atoms with E-state index in [1.54, 1.807) is 12.1 Å². The molecule has 0 fully saturated rings. The number of aliphatic hydroxyl groups is 1. The minimum atomic E-state index is -0.227. The molecule has 5 heteroatoms. The van der Waals surface area contributed by atoms with Crippen LogP contribution in [-0.4, -0.2) is 23.8 Å². The van der Waals surface area contributed by atoms with Crippen molar-refractivity contribution >= 4 is 6.03 Å². The highest BCUT2D eigenvalue weighted by atomic mass is 16.3. The predicted molar refractivity (Wildman–Crippen MR) is 72.3 cm³/mol. The van der Waals surface area contributed by atoms with Gasteiger partial charge in [-0.15, -0.1) is 0 Å². The van der Waals surface area contributed by atoms with E-state index >= 15 is 0 Å². The van der Waals surface area contributed by atoms with Gasteiger partial charge in [-0.25, -0.2) is 4.79 Å². The Hall–Kier alpha value is -2.06. The standard InChI is InChI=1S/C14H19N3O2/c1-11(3-2-8-18)17-14(19)16-10-13-6-4-12(9-15)5-7-13/h4-7,11,18H,2-3,8,10H2,1H3,(H2,16,17,19). The lowest BCUT2D eigenvalue weighted by molar-refractivity contribution is 0.234. The largest absolute Gasteiger partial charge is 0.396 e.